The van der Waals surface area contributed by atoms with Gasteiger partial charge in [0.2, 0.25) is 0 Å². The van der Waals surface area contributed by atoms with Crippen LogP contribution < -0.4 is 10.1 Å². The average molecular weight is 485 g/mol. The van der Waals surface area contributed by atoms with Gasteiger partial charge in [0, 0.05) is 24.6 Å². The smallest absolute Gasteiger partial charge is 0.275 e. The Bertz CT molecular complexity index is 1350. The number of methoxy groups -OCH3 is 1. The van der Waals surface area contributed by atoms with Crippen molar-refractivity contribution in [1.82, 2.24) is 14.9 Å². The number of benzene rings is 3. The van der Waals surface area contributed by atoms with Gasteiger partial charge in [-0.1, -0.05) is 36.4 Å². The van der Waals surface area contributed by atoms with Gasteiger partial charge in [-0.2, -0.15) is 0 Å². The molecule has 1 atom stereocenters. The second-order valence-corrected chi connectivity index (χ2v) is 8.13. The van der Waals surface area contributed by atoms with Crippen molar-refractivity contribution in [2.45, 2.75) is 19.5 Å². The Kier molecular flexibility index (Phi) is 7.65. The van der Waals surface area contributed by atoms with E-state index in [1.807, 2.05) is 49.4 Å². The van der Waals surface area contributed by atoms with Crippen LogP contribution in [-0.2, 0) is 11.3 Å². The Balaban J connectivity index is 1.81. The van der Waals surface area contributed by atoms with Gasteiger partial charge in [-0.3, -0.25) is 14.6 Å². The molecule has 0 aliphatic heterocycles. The maximum absolute atomic E-state index is 13.8. The number of hydrogen-bond acceptors (Lipinski definition) is 5. The van der Waals surface area contributed by atoms with Crippen LogP contribution in [0.25, 0.3) is 0 Å². The molecule has 8 heteroatoms. The fourth-order valence-corrected chi connectivity index (χ4v) is 3.89. The number of amides is 2. The van der Waals surface area contributed by atoms with Gasteiger partial charge < -0.3 is 15.0 Å². The zero-order valence-electron chi connectivity index (χ0n) is 19.9. The van der Waals surface area contributed by atoms with Crippen LogP contribution in [0.3, 0.4) is 0 Å². The van der Waals surface area contributed by atoms with E-state index in [0.29, 0.717) is 17.0 Å². The minimum absolute atomic E-state index is 0.0996. The molecule has 0 bridgehead atoms. The molecule has 4 aromatic rings. The topological polar surface area (TPSA) is 84.4 Å². The third kappa shape index (κ3) is 5.72. The number of hydrogen-bond donors (Lipinski definition) is 1. The fourth-order valence-electron chi connectivity index (χ4n) is 3.89. The van der Waals surface area contributed by atoms with Gasteiger partial charge in [-0.15, -0.1) is 0 Å². The van der Waals surface area contributed by atoms with Gasteiger partial charge in [0.05, 0.1) is 13.3 Å². The van der Waals surface area contributed by atoms with Crippen LogP contribution in [0.15, 0.2) is 91.4 Å². The Morgan fingerprint density at radius 3 is 2.50 bits per heavy atom. The molecule has 7 nitrogen and oxygen atoms in total. The Morgan fingerprint density at radius 1 is 1.03 bits per heavy atom. The minimum Gasteiger partial charge on any atom is -0.497 e. The maximum Gasteiger partial charge on any atom is 0.275 e. The van der Waals surface area contributed by atoms with E-state index in [9.17, 15) is 14.0 Å². The van der Waals surface area contributed by atoms with Crippen LogP contribution in [0.4, 0.5) is 10.1 Å². The number of nitrogens with zero attached hydrogens (tertiary/aromatic N) is 3. The zero-order valence-corrected chi connectivity index (χ0v) is 19.9. The first kappa shape index (κ1) is 24.5. The molecule has 1 N–H and O–H groups in total. The molecule has 1 heterocycles. The van der Waals surface area contributed by atoms with Crippen LogP contribution >= 0.6 is 0 Å². The van der Waals surface area contributed by atoms with Crippen LogP contribution in [0.2, 0.25) is 0 Å². The molecule has 1 aromatic heterocycles. The molecule has 0 unspecified atom stereocenters. The van der Waals surface area contributed by atoms with Crippen LogP contribution in [0, 0.1) is 12.7 Å². The minimum atomic E-state index is -1.02. The highest BCUT2D eigenvalue weighted by atomic mass is 19.1. The number of nitrogens with one attached hydrogen (secondary N) is 1. The molecule has 2 amide bonds. The number of halogens is 1. The normalized spacial score (nSPS) is 11.4. The van der Waals surface area contributed by atoms with Crippen molar-refractivity contribution >= 4 is 17.5 Å². The predicted molar refractivity (Wildman–Crippen MR) is 134 cm³/mol. The largest absolute Gasteiger partial charge is 0.497 e. The van der Waals surface area contributed by atoms with E-state index < -0.39 is 23.7 Å². The first-order valence-electron chi connectivity index (χ1n) is 11.3. The van der Waals surface area contributed by atoms with E-state index in [4.69, 9.17) is 4.74 Å². The van der Waals surface area contributed by atoms with Gasteiger partial charge in [-0.05, 0) is 60.0 Å². The van der Waals surface area contributed by atoms with E-state index in [1.165, 1.54) is 47.8 Å². The molecular weight excluding hydrogens is 459 g/mol. The third-order valence-corrected chi connectivity index (χ3v) is 5.69. The second-order valence-electron chi connectivity index (χ2n) is 8.13. The number of aryl methyl sites for hydroxylation is 1. The number of rotatable bonds is 8. The van der Waals surface area contributed by atoms with Gasteiger partial charge in [0.1, 0.15) is 23.3 Å². The molecule has 0 aliphatic rings. The second kappa shape index (κ2) is 11.2. The average Bonchev–Trinajstić information content (AvgIpc) is 2.91. The molecule has 3 aromatic carbocycles. The summed E-state index contributed by atoms with van der Waals surface area (Å²) in [7, 11) is 1.56. The SMILES string of the molecule is COc1cccc(CN(C(=O)c2cnccn2)[C@H](C(=O)Nc2ccc(F)cc2)c2ccccc2C)c1. The molecule has 0 fully saturated rings. The van der Waals surface area contributed by atoms with E-state index in [0.717, 1.165) is 11.1 Å². The van der Waals surface area contributed by atoms with E-state index >= 15 is 0 Å². The zero-order chi connectivity index (χ0) is 25.5. The van der Waals surface area contributed by atoms with Gasteiger partial charge in [-0.25, -0.2) is 9.37 Å². The predicted octanol–water partition coefficient (Wildman–Crippen LogP) is 4.96. The lowest BCUT2D eigenvalue weighted by molar-refractivity contribution is -0.121. The van der Waals surface area contributed by atoms with Crippen molar-refractivity contribution in [3.63, 3.8) is 0 Å². The number of carbonyl (C=O) groups is 2. The van der Waals surface area contributed by atoms with Gasteiger partial charge >= 0.3 is 0 Å². The molecule has 0 aliphatic carbocycles. The van der Waals surface area contributed by atoms with E-state index in [1.54, 1.807) is 13.2 Å². The van der Waals surface area contributed by atoms with Crippen LogP contribution in [0.5, 0.6) is 5.75 Å². The monoisotopic (exact) mass is 484 g/mol. The number of carbonyl (C=O) groups excluding carboxylic acids is 2. The summed E-state index contributed by atoms with van der Waals surface area (Å²) < 4.78 is 18.8. The Morgan fingerprint density at radius 2 is 1.81 bits per heavy atom. The van der Waals surface area contributed by atoms with Crippen molar-refractivity contribution in [1.29, 1.82) is 0 Å². The Hall–Kier alpha value is -4.59. The highest BCUT2D eigenvalue weighted by Crippen LogP contribution is 2.29. The lowest BCUT2D eigenvalue weighted by Gasteiger charge is -2.32. The van der Waals surface area contributed by atoms with Crippen LogP contribution in [-0.4, -0.2) is 33.8 Å². The fraction of sp³-hybridized carbons (Fsp3) is 0.143. The highest BCUT2D eigenvalue weighted by Gasteiger charge is 2.34. The van der Waals surface area contributed by atoms with Gasteiger partial charge in [0.25, 0.3) is 11.8 Å². The van der Waals surface area contributed by atoms with Crippen molar-refractivity contribution < 1.29 is 18.7 Å². The molecule has 4 rings (SSSR count). The lowest BCUT2D eigenvalue weighted by Crippen LogP contribution is -2.41. The summed E-state index contributed by atoms with van der Waals surface area (Å²) >= 11 is 0. The van der Waals surface area contributed by atoms with E-state index in [-0.39, 0.29) is 12.2 Å². The summed E-state index contributed by atoms with van der Waals surface area (Å²) in [6, 6.07) is 19.1. The van der Waals surface area contributed by atoms with Crippen molar-refractivity contribution in [2.24, 2.45) is 0 Å². The summed E-state index contributed by atoms with van der Waals surface area (Å²) in [5.41, 5.74) is 2.76. The number of aromatic nitrogens is 2. The standard InChI is InChI=1S/C28H25FN4O3/c1-19-6-3-4-9-24(19)26(27(34)32-22-12-10-21(29)11-13-22)33(28(35)25-17-30-14-15-31-25)18-20-7-5-8-23(16-20)36-2/h3-17,26H,18H2,1-2H3,(H,32,34)/t26-/m0/s1. The molecule has 0 spiro atoms. The molecule has 0 saturated heterocycles. The van der Waals surface area contributed by atoms with Gasteiger partial charge in [0.15, 0.2) is 0 Å². The first-order chi connectivity index (χ1) is 17.5. The summed E-state index contributed by atoms with van der Waals surface area (Å²) in [6.45, 7) is 1.98. The highest BCUT2D eigenvalue weighted by molar-refractivity contribution is 6.01. The molecule has 0 saturated carbocycles. The van der Waals surface area contributed by atoms with E-state index in [2.05, 4.69) is 15.3 Å². The lowest BCUT2D eigenvalue weighted by atomic mass is 9.97. The first-order valence-corrected chi connectivity index (χ1v) is 11.3. The molecule has 36 heavy (non-hydrogen) atoms. The summed E-state index contributed by atoms with van der Waals surface area (Å²) in [5, 5.41) is 2.83. The summed E-state index contributed by atoms with van der Waals surface area (Å²) in [5.74, 6) is -0.701. The van der Waals surface area contributed by atoms with Crippen molar-refractivity contribution in [2.75, 3.05) is 12.4 Å². The van der Waals surface area contributed by atoms with Crippen molar-refractivity contribution in [3.8, 4) is 5.75 Å². The maximum atomic E-state index is 13.8. The quantitative estimate of drug-likeness (QED) is 0.382. The molecule has 0 radical (unpaired) electrons. The third-order valence-electron chi connectivity index (χ3n) is 5.69. The number of anilines is 1. The van der Waals surface area contributed by atoms with Crippen molar-refractivity contribution in [3.05, 3.63) is 120 Å². The number of ether oxygens (including phenoxy) is 1. The van der Waals surface area contributed by atoms with Crippen LogP contribution in [0.1, 0.15) is 33.2 Å². The summed E-state index contributed by atoms with van der Waals surface area (Å²) in [4.78, 5) is 37.2. The molecule has 182 valence electrons. The summed E-state index contributed by atoms with van der Waals surface area (Å²) in [6.07, 6.45) is 4.27. The molecular formula is C28H25FN4O3. The Labute approximate surface area is 208 Å².